The van der Waals surface area contributed by atoms with E-state index in [0.717, 1.165) is 30.0 Å². The van der Waals surface area contributed by atoms with Gasteiger partial charge in [0.05, 0.1) is 0 Å². The summed E-state index contributed by atoms with van der Waals surface area (Å²) in [5.41, 5.74) is 6.82. The minimum Gasteiger partial charge on any atom is -1.00 e. The summed E-state index contributed by atoms with van der Waals surface area (Å²) in [6, 6.07) is 14.8. The van der Waals surface area contributed by atoms with Crippen LogP contribution in [0, 0.1) is 50.9 Å². The van der Waals surface area contributed by atoms with Gasteiger partial charge in [0.15, 0.2) is 0 Å². The molecule has 1 heterocycles. The van der Waals surface area contributed by atoms with Gasteiger partial charge in [0.1, 0.15) is 0 Å². The van der Waals surface area contributed by atoms with Crippen molar-refractivity contribution in [3.8, 4) is 0 Å². The van der Waals surface area contributed by atoms with Crippen molar-refractivity contribution in [2.75, 3.05) is 13.1 Å². The zero-order valence-electron chi connectivity index (χ0n) is 36.5. The Kier molecular flexibility index (Phi) is 25.6. The number of aryl methyl sites for hydroxylation is 4. The molecule has 4 saturated carbocycles. The summed E-state index contributed by atoms with van der Waals surface area (Å²) in [4.78, 5) is 7.95. The molecule has 0 aromatic heterocycles. The topological polar surface area (TPSA) is 18.6 Å². The molecule has 323 valence electrons. The van der Waals surface area contributed by atoms with Gasteiger partial charge in [0, 0.05) is 39.0 Å². The van der Waals surface area contributed by atoms with Crippen LogP contribution in [0.1, 0.15) is 133 Å². The van der Waals surface area contributed by atoms with Crippen LogP contribution in [0.15, 0.2) is 96.1 Å². The van der Waals surface area contributed by atoms with Gasteiger partial charge in [0.25, 0.3) is 0 Å². The van der Waals surface area contributed by atoms with E-state index >= 15 is 0 Å². The second-order valence-electron chi connectivity index (χ2n) is 18.1. The number of rotatable bonds is 2. The van der Waals surface area contributed by atoms with E-state index in [0.29, 0.717) is 5.54 Å². The molecule has 4 fully saturated rings. The van der Waals surface area contributed by atoms with E-state index in [1.807, 2.05) is 18.2 Å². The molecule has 0 unspecified atom stereocenters. The molecular weight excluding hydrogens is 992 g/mol. The molecule has 9 rings (SSSR count). The van der Waals surface area contributed by atoms with Gasteiger partial charge in [-0.1, -0.05) is 84.5 Å². The van der Waals surface area contributed by atoms with Crippen molar-refractivity contribution < 1.29 is 68.3 Å². The molecule has 0 spiro atoms. The minimum atomic E-state index is 0. The van der Waals surface area contributed by atoms with Crippen LogP contribution < -0.4 is 24.8 Å². The van der Waals surface area contributed by atoms with Crippen molar-refractivity contribution in [1.29, 1.82) is 0 Å². The van der Waals surface area contributed by atoms with Gasteiger partial charge in [-0.3, -0.25) is 0 Å². The van der Waals surface area contributed by atoms with Crippen LogP contribution >= 0.6 is 0 Å². The third-order valence-electron chi connectivity index (χ3n) is 12.0. The summed E-state index contributed by atoms with van der Waals surface area (Å²) in [6.07, 6.45) is 36.8. The van der Waals surface area contributed by atoms with E-state index in [1.165, 1.54) is 129 Å². The number of amidine groups is 2. The minimum absolute atomic E-state index is 0. The molecule has 2 aromatic rings. The molecule has 0 atom stereocenters. The van der Waals surface area contributed by atoms with Crippen molar-refractivity contribution in [2.24, 2.45) is 28.2 Å². The van der Waals surface area contributed by atoms with Crippen molar-refractivity contribution in [3.05, 3.63) is 113 Å². The van der Waals surface area contributed by atoms with Crippen LogP contribution in [0.3, 0.4) is 0 Å². The van der Waals surface area contributed by atoms with Crippen LogP contribution in [0.2, 0.25) is 0 Å². The molecular formula is C50H71Cl2GeN3Rh2-. The first-order chi connectivity index (χ1) is 25.9. The summed E-state index contributed by atoms with van der Waals surface area (Å²) in [5, 5.41) is 0. The second-order valence-corrected chi connectivity index (χ2v) is 19.0. The van der Waals surface area contributed by atoms with Crippen molar-refractivity contribution in [1.82, 2.24) is 4.90 Å². The van der Waals surface area contributed by atoms with Crippen LogP contribution in [0.5, 0.6) is 0 Å². The van der Waals surface area contributed by atoms with Crippen LogP contribution in [-0.2, 0) is 39.0 Å². The Bertz CT molecular complexity index is 1570. The number of allylic oxidation sites excluding steroid dienone is 8. The first-order valence-corrected chi connectivity index (χ1v) is 22.4. The molecule has 8 heteroatoms. The molecule has 58 heavy (non-hydrogen) atoms. The van der Waals surface area contributed by atoms with E-state index < -0.39 is 0 Å². The quantitative estimate of drug-likeness (QED) is 0.106. The Morgan fingerprint density at radius 1 is 0.638 bits per heavy atom. The Labute approximate surface area is 401 Å². The van der Waals surface area contributed by atoms with Gasteiger partial charge in [-0.05, 0) is 58.3 Å². The predicted molar refractivity (Wildman–Crippen MR) is 235 cm³/mol. The molecule has 5 radical (unpaired) electrons. The molecule has 0 saturated heterocycles. The van der Waals surface area contributed by atoms with E-state index in [-0.39, 0.29) is 69.2 Å². The second kappa shape index (κ2) is 27.1. The molecule has 1 aliphatic heterocycles. The van der Waals surface area contributed by atoms with Crippen molar-refractivity contribution in [2.45, 2.75) is 144 Å². The summed E-state index contributed by atoms with van der Waals surface area (Å²) in [5.74, 6) is 4.19. The molecule has 3 nitrogen and oxygen atoms in total. The predicted octanol–water partition coefficient (Wildman–Crippen LogP) is 6.85. The normalized spacial score (nSPS) is 26.4. The fraction of sp³-hybridized carbons (Fsp3) is 0.560. The van der Waals surface area contributed by atoms with Gasteiger partial charge in [-0.25, -0.2) is 0 Å². The first kappa shape index (κ1) is 54.9. The maximum Gasteiger partial charge on any atom is 0 e. The SMILES string of the molecule is C1=C\CC/C=C\CC/1.C1=C\CC/C=C\CC/1.Cc1cc(C)c(N=C(N2CC[N+](C34CC5CC(CC(C5)C3)C4)=[C]2[Ge])C(C)(C)C)c(C)c1.Cc1ccccc1.[Cl-].[Cl-].[Rh].[Rh]. The van der Waals surface area contributed by atoms with Crippen molar-refractivity contribution in [3.63, 3.8) is 0 Å². The zero-order valence-corrected chi connectivity index (χ0v) is 43.4. The van der Waals surface area contributed by atoms with Crippen LogP contribution in [0.25, 0.3) is 0 Å². The zero-order chi connectivity index (χ0) is 38.6. The van der Waals surface area contributed by atoms with E-state index in [1.54, 1.807) is 0 Å². The number of halogens is 2. The monoisotopic (exact) mass is 1060 g/mol. The molecule has 2 aromatic carbocycles. The fourth-order valence-electron chi connectivity index (χ4n) is 9.96. The third kappa shape index (κ3) is 16.3. The Morgan fingerprint density at radius 3 is 1.34 bits per heavy atom. The Hall–Kier alpha value is -1.09. The van der Waals surface area contributed by atoms with Gasteiger partial charge in [0.2, 0.25) is 0 Å². The van der Waals surface area contributed by atoms with Crippen LogP contribution in [0.4, 0.5) is 5.69 Å². The molecule has 4 bridgehead atoms. The first-order valence-electron chi connectivity index (χ1n) is 21.4. The van der Waals surface area contributed by atoms with E-state index in [9.17, 15) is 0 Å². The standard InChI is InChI=1S/C27H39GeN3.2C8H12.C7H8.2ClH.2Rh/c1-17-9-18(2)23(19(3)10-17)29-24(26(4,5)6)30-7-8-31(25(30)28)27-14-20-11-21(15-27)13-22(12-20)16-27;2*1-2-4-6-8-7-5-3-1;1-7-5-3-2-4-6-7;;;;/h9-10,20-22H,7-8,11-16H2,1-6H3;2*1-2,7-8H,3-6H2;2-6H,1H3;2*1H;;/q+1;;;;;;;/p-2/b;2*2-1-,8-7-;;;;;. The largest absolute Gasteiger partial charge is 1.00 e. The summed E-state index contributed by atoms with van der Waals surface area (Å²) >= 11 is 2.38. The average molecular weight is 1060 g/mol. The molecule has 0 amide bonds. The van der Waals surface area contributed by atoms with Gasteiger partial charge >= 0.3 is 198 Å². The summed E-state index contributed by atoms with van der Waals surface area (Å²) < 4.78 is 4.30. The number of benzene rings is 2. The smallest absolute Gasteiger partial charge is 0 e. The van der Waals surface area contributed by atoms with E-state index in [2.05, 4.69) is 147 Å². The number of aliphatic imine (C=N–C) groups is 1. The number of hydrogen-bond donors (Lipinski definition) is 0. The maximum atomic E-state index is 5.38. The molecule has 0 N–H and O–H groups in total. The van der Waals surface area contributed by atoms with Crippen LogP contribution in [-0.4, -0.2) is 55.1 Å². The molecule has 6 aliphatic carbocycles. The van der Waals surface area contributed by atoms with Crippen molar-refractivity contribution >= 4 is 32.7 Å². The van der Waals surface area contributed by atoms with E-state index in [4.69, 9.17) is 4.99 Å². The number of hydrogen-bond acceptors (Lipinski definition) is 1. The fourth-order valence-corrected chi connectivity index (χ4v) is 11.1. The Morgan fingerprint density at radius 2 is 1.02 bits per heavy atom. The van der Waals surface area contributed by atoms with Gasteiger partial charge in [-0.2, -0.15) is 0 Å². The summed E-state index contributed by atoms with van der Waals surface area (Å²) in [7, 11) is 0. The third-order valence-corrected chi connectivity index (χ3v) is 13.2. The average Bonchev–Trinajstić information content (AvgIpc) is 3.45. The van der Waals surface area contributed by atoms with Gasteiger partial charge < -0.3 is 24.8 Å². The summed E-state index contributed by atoms with van der Waals surface area (Å²) in [6.45, 7) is 17.9. The molecule has 7 aliphatic rings. The number of nitrogens with zero attached hydrogens (tertiary/aromatic N) is 3. The van der Waals surface area contributed by atoms with Gasteiger partial charge in [-0.15, -0.1) is 0 Å². The maximum absolute atomic E-state index is 5.38. The Balaban J connectivity index is 0.000000509.